The number of nitrogens with zero attached hydrogens (tertiary/aromatic N) is 1. The summed E-state index contributed by atoms with van der Waals surface area (Å²) in [6, 6.07) is 7.40. The van der Waals surface area contributed by atoms with Gasteiger partial charge >= 0.3 is 0 Å². The number of methoxy groups -OCH3 is 1. The molecule has 1 atom stereocenters. The number of rotatable bonds is 6. The normalized spacial score (nSPS) is 16.3. The Balaban J connectivity index is 2.16. The van der Waals surface area contributed by atoms with Crippen LogP contribution in [0.2, 0.25) is 0 Å². The number of amides is 1. The predicted octanol–water partition coefficient (Wildman–Crippen LogP) is 2.25. The molecule has 126 valence electrons. The Morgan fingerprint density at radius 3 is 2.30 bits per heavy atom. The average molecular weight is 319 g/mol. The highest BCUT2D eigenvalue weighted by Crippen LogP contribution is 2.27. The van der Waals surface area contributed by atoms with Gasteiger partial charge in [0.15, 0.2) is 0 Å². The van der Waals surface area contributed by atoms with Crippen LogP contribution in [0.25, 0.3) is 0 Å². The largest absolute Gasteiger partial charge is 0.497 e. The van der Waals surface area contributed by atoms with E-state index in [1.165, 1.54) is 0 Å². The van der Waals surface area contributed by atoms with Crippen LogP contribution in [0.1, 0.15) is 31.7 Å². The number of ketones is 1. The summed E-state index contributed by atoms with van der Waals surface area (Å²) in [5.41, 5.74) is 0.867. The highest BCUT2D eigenvalue weighted by Gasteiger charge is 2.28. The minimum Gasteiger partial charge on any atom is -0.497 e. The van der Waals surface area contributed by atoms with Crippen LogP contribution in [-0.2, 0) is 14.3 Å². The number of carbonyl (C=O) groups excluding carboxylic acids is 2. The summed E-state index contributed by atoms with van der Waals surface area (Å²) >= 11 is 0. The Bertz CT molecular complexity index is 532. The third-order valence-electron chi connectivity index (χ3n) is 4.17. The van der Waals surface area contributed by atoms with E-state index in [4.69, 9.17) is 9.47 Å². The van der Waals surface area contributed by atoms with Gasteiger partial charge in [-0.3, -0.25) is 9.59 Å². The zero-order valence-corrected chi connectivity index (χ0v) is 14.1. The van der Waals surface area contributed by atoms with Gasteiger partial charge in [0.2, 0.25) is 5.91 Å². The predicted molar refractivity (Wildman–Crippen MR) is 87.6 cm³/mol. The van der Waals surface area contributed by atoms with Gasteiger partial charge in [0, 0.05) is 25.4 Å². The molecule has 1 aliphatic rings. The number of Topliss-reactive ketones (excluding diaryl/α,β-unsaturated/α-hetero) is 1. The summed E-state index contributed by atoms with van der Waals surface area (Å²) in [6.07, 6.45) is 0.212. The van der Waals surface area contributed by atoms with Gasteiger partial charge in [0.25, 0.3) is 0 Å². The molecule has 1 unspecified atom stereocenters. The molecule has 0 aromatic heterocycles. The van der Waals surface area contributed by atoms with Crippen LogP contribution >= 0.6 is 0 Å². The summed E-state index contributed by atoms with van der Waals surface area (Å²) < 4.78 is 10.4. The highest BCUT2D eigenvalue weighted by atomic mass is 16.5. The molecule has 0 radical (unpaired) electrons. The van der Waals surface area contributed by atoms with E-state index in [1.807, 2.05) is 38.1 Å². The van der Waals surface area contributed by atoms with Crippen LogP contribution in [-0.4, -0.2) is 50.0 Å². The van der Waals surface area contributed by atoms with E-state index in [2.05, 4.69) is 0 Å². The lowest BCUT2D eigenvalue weighted by Gasteiger charge is -2.28. The Hall–Kier alpha value is -1.88. The summed E-state index contributed by atoms with van der Waals surface area (Å²) in [4.78, 5) is 26.9. The summed E-state index contributed by atoms with van der Waals surface area (Å²) in [5, 5.41) is 0. The summed E-state index contributed by atoms with van der Waals surface area (Å²) in [6.45, 7) is 6.08. The second-order valence-corrected chi connectivity index (χ2v) is 6.08. The highest BCUT2D eigenvalue weighted by molar-refractivity contribution is 5.92. The van der Waals surface area contributed by atoms with Gasteiger partial charge in [-0.1, -0.05) is 26.0 Å². The van der Waals surface area contributed by atoms with Crippen LogP contribution in [0.4, 0.5) is 0 Å². The van der Waals surface area contributed by atoms with Gasteiger partial charge in [-0.25, -0.2) is 0 Å². The lowest BCUT2D eigenvalue weighted by atomic mass is 9.86. The number of morpholine rings is 1. The minimum absolute atomic E-state index is 0.0168. The van der Waals surface area contributed by atoms with Gasteiger partial charge in [-0.05, 0) is 17.7 Å². The van der Waals surface area contributed by atoms with Crippen molar-refractivity contribution < 1.29 is 19.1 Å². The smallest absolute Gasteiger partial charge is 0.223 e. The van der Waals surface area contributed by atoms with Crippen LogP contribution in [0, 0.1) is 5.92 Å². The zero-order valence-electron chi connectivity index (χ0n) is 14.1. The maximum Gasteiger partial charge on any atom is 0.223 e. The molecule has 0 aliphatic carbocycles. The van der Waals surface area contributed by atoms with Gasteiger partial charge in [-0.2, -0.15) is 0 Å². The molecule has 1 saturated heterocycles. The van der Waals surface area contributed by atoms with E-state index >= 15 is 0 Å². The molecule has 2 rings (SSSR count). The number of hydrogen-bond donors (Lipinski definition) is 0. The van der Waals surface area contributed by atoms with Gasteiger partial charge in [-0.15, -0.1) is 0 Å². The first-order valence-electron chi connectivity index (χ1n) is 8.06. The van der Waals surface area contributed by atoms with Gasteiger partial charge in [0.1, 0.15) is 11.5 Å². The Kier molecular flexibility index (Phi) is 6.16. The maximum absolute atomic E-state index is 12.6. The Morgan fingerprint density at radius 1 is 1.17 bits per heavy atom. The van der Waals surface area contributed by atoms with Crippen LogP contribution < -0.4 is 4.74 Å². The van der Waals surface area contributed by atoms with Crippen molar-refractivity contribution in [3.8, 4) is 5.75 Å². The quantitative estimate of drug-likeness (QED) is 0.807. The lowest BCUT2D eigenvalue weighted by molar-refractivity contribution is -0.138. The molecule has 1 aromatic carbocycles. The van der Waals surface area contributed by atoms with Crippen LogP contribution in [0.15, 0.2) is 24.3 Å². The van der Waals surface area contributed by atoms with Crippen molar-refractivity contribution in [2.24, 2.45) is 5.92 Å². The standard InChI is InChI=1S/C18H25NO4/c1-13(2)18(21)16(14-4-6-15(22-3)7-5-14)12-17(20)19-8-10-23-11-9-19/h4-7,13,16H,8-12H2,1-3H3. The lowest BCUT2D eigenvalue weighted by Crippen LogP contribution is -2.41. The second-order valence-electron chi connectivity index (χ2n) is 6.08. The molecule has 1 aliphatic heterocycles. The molecule has 1 amide bonds. The topological polar surface area (TPSA) is 55.8 Å². The summed E-state index contributed by atoms with van der Waals surface area (Å²) in [5.74, 6) is 0.333. The molecule has 1 aromatic rings. The molecule has 5 nitrogen and oxygen atoms in total. The van der Waals surface area contributed by atoms with Crippen molar-refractivity contribution in [1.29, 1.82) is 0 Å². The van der Waals surface area contributed by atoms with Crippen molar-refractivity contribution in [2.45, 2.75) is 26.2 Å². The summed E-state index contributed by atoms with van der Waals surface area (Å²) in [7, 11) is 1.60. The second kappa shape index (κ2) is 8.11. The first kappa shape index (κ1) is 17.5. The molecule has 5 heteroatoms. The molecule has 0 saturated carbocycles. The third-order valence-corrected chi connectivity index (χ3v) is 4.17. The fraction of sp³-hybridized carbons (Fsp3) is 0.556. The van der Waals surface area contributed by atoms with Crippen molar-refractivity contribution in [2.75, 3.05) is 33.4 Å². The van der Waals surface area contributed by atoms with Crippen LogP contribution in [0.5, 0.6) is 5.75 Å². The number of hydrogen-bond acceptors (Lipinski definition) is 4. The monoisotopic (exact) mass is 319 g/mol. The number of carbonyl (C=O) groups is 2. The molecule has 1 fully saturated rings. The fourth-order valence-electron chi connectivity index (χ4n) is 2.74. The SMILES string of the molecule is COc1ccc(C(CC(=O)N2CCOCC2)C(=O)C(C)C)cc1. The van der Waals surface area contributed by atoms with Crippen molar-refractivity contribution in [3.63, 3.8) is 0 Å². The number of benzene rings is 1. The first-order chi connectivity index (χ1) is 11.0. The Morgan fingerprint density at radius 2 is 1.78 bits per heavy atom. The van der Waals surface area contributed by atoms with Crippen molar-refractivity contribution in [3.05, 3.63) is 29.8 Å². The van der Waals surface area contributed by atoms with E-state index in [9.17, 15) is 9.59 Å². The van der Waals surface area contributed by atoms with Crippen LogP contribution in [0.3, 0.4) is 0 Å². The maximum atomic E-state index is 12.6. The molecule has 0 N–H and O–H groups in total. The fourth-order valence-corrected chi connectivity index (χ4v) is 2.74. The van der Waals surface area contributed by atoms with E-state index in [0.717, 1.165) is 11.3 Å². The van der Waals surface area contributed by atoms with E-state index in [0.29, 0.717) is 26.3 Å². The molecular weight excluding hydrogens is 294 g/mol. The third kappa shape index (κ3) is 4.55. The molecule has 23 heavy (non-hydrogen) atoms. The Labute approximate surface area is 137 Å². The van der Waals surface area contributed by atoms with Gasteiger partial charge < -0.3 is 14.4 Å². The number of ether oxygens (including phenoxy) is 2. The van der Waals surface area contributed by atoms with Crippen molar-refractivity contribution in [1.82, 2.24) is 4.90 Å². The molecular formula is C18H25NO4. The van der Waals surface area contributed by atoms with Gasteiger partial charge in [0.05, 0.1) is 26.2 Å². The van der Waals surface area contributed by atoms with E-state index in [1.54, 1.807) is 12.0 Å². The molecule has 0 spiro atoms. The van der Waals surface area contributed by atoms with E-state index < -0.39 is 5.92 Å². The van der Waals surface area contributed by atoms with Crippen molar-refractivity contribution >= 4 is 11.7 Å². The first-order valence-corrected chi connectivity index (χ1v) is 8.06. The molecule has 0 bridgehead atoms. The average Bonchev–Trinajstić information content (AvgIpc) is 2.59. The van der Waals surface area contributed by atoms with E-state index in [-0.39, 0.29) is 24.0 Å². The molecule has 1 heterocycles. The minimum atomic E-state index is -0.406. The zero-order chi connectivity index (χ0) is 16.8.